The fourth-order valence-corrected chi connectivity index (χ4v) is 5.10. The molecule has 3 saturated carbocycles. The van der Waals surface area contributed by atoms with E-state index in [1.165, 1.54) is 0 Å². The molecule has 0 radical (unpaired) electrons. The summed E-state index contributed by atoms with van der Waals surface area (Å²) >= 11 is 0. The number of rotatable bonds is 3. The zero-order valence-corrected chi connectivity index (χ0v) is 16.8. The number of H-pyrrole nitrogens is 1. The lowest BCUT2D eigenvalue weighted by Crippen LogP contribution is -2.48. The first-order chi connectivity index (χ1) is 14.5. The van der Waals surface area contributed by atoms with Crippen molar-refractivity contribution in [3.63, 3.8) is 0 Å². The van der Waals surface area contributed by atoms with Gasteiger partial charge in [-0.25, -0.2) is 15.0 Å². The van der Waals surface area contributed by atoms with Gasteiger partial charge in [0.05, 0.1) is 22.7 Å². The van der Waals surface area contributed by atoms with Gasteiger partial charge < -0.3 is 10.1 Å². The van der Waals surface area contributed by atoms with E-state index in [4.69, 9.17) is 4.98 Å². The average molecular weight is 401 g/mol. The van der Waals surface area contributed by atoms with Crippen LogP contribution in [0.15, 0.2) is 36.9 Å². The molecular weight excluding hydrogens is 378 g/mol. The fraction of sp³-hybridized carbons (Fsp3) is 0.409. The number of nitrogens with one attached hydrogen (secondary N) is 1. The second-order valence-corrected chi connectivity index (χ2v) is 8.82. The molecule has 0 amide bonds. The second kappa shape index (κ2) is 6.18. The van der Waals surface area contributed by atoms with Crippen LogP contribution in [0.25, 0.3) is 28.3 Å². The Hall–Kier alpha value is -3.13. The highest BCUT2D eigenvalue weighted by atomic mass is 16.3. The molecule has 30 heavy (non-hydrogen) atoms. The molecule has 3 aliphatic carbocycles. The van der Waals surface area contributed by atoms with Gasteiger partial charge in [0, 0.05) is 23.4 Å². The van der Waals surface area contributed by atoms with Crippen LogP contribution in [0.4, 0.5) is 0 Å². The Labute approximate surface area is 173 Å². The first-order valence-electron chi connectivity index (χ1n) is 10.5. The monoisotopic (exact) mass is 401 g/mol. The zero-order valence-electron chi connectivity index (χ0n) is 16.8. The largest absolute Gasteiger partial charge is 0.390 e. The summed E-state index contributed by atoms with van der Waals surface area (Å²) in [6, 6.07) is 5.90. The van der Waals surface area contributed by atoms with Crippen LogP contribution in [-0.2, 0) is 5.41 Å². The van der Waals surface area contributed by atoms with Crippen LogP contribution in [0, 0.1) is 6.92 Å². The van der Waals surface area contributed by atoms with E-state index >= 15 is 0 Å². The molecule has 3 fully saturated rings. The normalized spacial score (nSPS) is 25.8. The van der Waals surface area contributed by atoms with Gasteiger partial charge in [0.1, 0.15) is 18.0 Å². The van der Waals surface area contributed by atoms with E-state index < -0.39 is 5.60 Å². The van der Waals surface area contributed by atoms with Crippen molar-refractivity contribution in [2.45, 2.75) is 56.5 Å². The van der Waals surface area contributed by atoms with Crippen molar-refractivity contribution in [3.8, 4) is 22.6 Å². The standard InChI is InChI=1S/C22H23N7O/c1-14-23-11-4-16(25-14)19-18(15-2-3-17-28-24-13-29(17)12-15)26-20(27-19)21-5-8-22(30,9-6-21)10-7-21/h2-4,11-13,30H,5-10H2,1H3,(H,26,27). The summed E-state index contributed by atoms with van der Waals surface area (Å²) in [5.74, 6) is 1.73. The predicted octanol–water partition coefficient (Wildman–Crippen LogP) is 3.22. The number of aromatic nitrogens is 7. The van der Waals surface area contributed by atoms with Gasteiger partial charge >= 0.3 is 0 Å². The van der Waals surface area contributed by atoms with Crippen molar-refractivity contribution >= 4 is 5.65 Å². The Bertz CT molecular complexity index is 1230. The number of aromatic amines is 1. The second-order valence-electron chi connectivity index (χ2n) is 8.82. The van der Waals surface area contributed by atoms with Crippen LogP contribution < -0.4 is 0 Å². The van der Waals surface area contributed by atoms with Crippen molar-refractivity contribution < 1.29 is 5.11 Å². The third-order valence-electron chi connectivity index (χ3n) is 7.01. The van der Waals surface area contributed by atoms with Gasteiger partial charge in [0.25, 0.3) is 0 Å². The SMILES string of the molecule is Cc1nccc(-c2[nH]c(C34CCC(O)(CC3)CC4)nc2-c2ccc3nncn3c2)n1. The van der Waals surface area contributed by atoms with Gasteiger partial charge in [-0.05, 0) is 63.6 Å². The average Bonchev–Trinajstić information content (AvgIpc) is 3.42. The van der Waals surface area contributed by atoms with Crippen molar-refractivity contribution in [3.05, 3.63) is 48.6 Å². The number of nitrogens with zero attached hydrogens (tertiary/aromatic N) is 6. The Balaban J connectivity index is 1.52. The first kappa shape index (κ1) is 17.7. The number of imidazole rings is 1. The maximum absolute atomic E-state index is 10.6. The molecule has 8 heteroatoms. The molecule has 0 unspecified atom stereocenters. The van der Waals surface area contributed by atoms with Crippen LogP contribution in [-0.4, -0.2) is 45.2 Å². The van der Waals surface area contributed by atoms with E-state index in [9.17, 15) is 5.11 Å². The van der Waals surface area contributed by atoms with Crippen LogP contribution in [0.2, 0.25) is 0 Å². The van der Waals surface area contributed by atoms with Gasteiger partial charge in [-0.3, -0.25) is 4.40 Å². The minimum atomic E-state index is -0.469. The molecule has 0 aliphatic heterocycles. The molecule has 2 bridgehead atoms. The van der Waals surface area contributed by atoms with E-state index in [2.05, 4.69) is 25.1 Å². The number of aliphatic hydroxyl groups is 1. The minimum absolute atomic E-state index is 0.000216. The van der Waals surface area contributed by atoms with Crippen LogP contribution in [0.5, 0.6) is 0 Å². The Morgan fingerprint density at radius 1 is 1.03 bits per heavy atom. The lowest BCUT2D eigenvalue weighted by Gasteiger charge is -2.50. The number of hydrogen-bond acceptors (Lipinski definition) is 6. The molecular formula is C22H23N7O. The third-order valence-corrected chi connectivity index (χ3v) is 7.01. The smallest absolute Gasteiger partial charge is 0.160 e. The molecule has 4 heterocycles. The zero-order chi connectivity index (χ0) is 20.3. The molecule has 2 N–H and O–H groups in total. The van der Waals surface area contributed by atoms with Crippen LogP contribution >= 0.6 is 0 Å². The molecule has 0 aromatic carbocycles. The van der Waals surface area contributed by atoms with Crippen molar-refractivity contribution in [2.24, 2.45) is 0 Å². The van der Waals surface area contributed by atoms with Crippen molar-refractivity contribution in [1.82, 2.24) is 34.5 Å². The predicted molar refractivity (Wildman–Crippen MR) is 111 cm³/mol. The van der Waals surface area contributed by atoms with Gasteiger partial charge in [-0.2, -0.15) is 0 Å². The highest BCUT2D eigenvalue weighted by molar-refractivity contribution is 5.77. The summed E-state index contributed by atoms with van der Waals surface area (Å²) in [5.41, 5.74) is 3.92. The van der Waals surface area contributed by atoms with Crippen LogP contribution in [0.3, 0.4) is 0 Å². The van der Waals surface area contributed by atoms with Gasteiger partial charge in [-0.15, -0.1) is 10.2 Å². The Morgan fingerprint density at radius 3 is 2.60 bits per heavy atom. The van der Waals surface area contributed by atoms with E-state index in [-0.39, 0.29) is 5.41 Å². The van der Waals surface area contributed by atoms with Gasteiger partial charge in [-0.1, -0.05) is 0 Å². The number of aryl methyl sites for hydroxylation is 1. The lowest BCUT2D eigenvalue weighted by atomic mass is 9.58. The van der Waals surface area contributed by atoms with E-state index in [1.54, 1.807) is 12.5 Å². The molecule has 0 spiro atoms. The molecule has 0 atom stereocenters. The molecule has 4 aromatic heterocycles. The molecule has 0 saturated heterocycles. The summed E-state index contributed by atoms with van der Waals surface area (Å²) < 4.78 is 1.90. The third kappa shape index (κ3) is 2.67. The highest BCUT2D eigenvalue weighted by Gasteiger charge is 2.50. The summed E-state index contributed by atoms with van der Waals surface area (Å²) in [7, 11) is 0. The minimum Gasteiger partial charge on any atom is -0.390 e. The van der Waals surface area contributed by atoms with Crippen molar-refractivity contribution in [2.75, 3.05) is 0 Å². The summed E-state index contributed by atoms with van der Waals surface area (Å²) in [6.45, 7) is 1.89. The lowest BCUT2D eigenvalue weighted by molar-refractivity contribution is -0.0678. The first-order valence-corrected chi connectivity index (χ1v) is 10.5. The van der Waals surface area contributed by atoms with Crippen molar-refractivity contribution in [1.29, 1.82) is 0 Å². The Kier molecular flexibility index (Phi) is 3.65. The van der Waals surface area contributed by atoms with Crippen LogP contribution in [0.1, 0.15) is 50.2 Å². The molecule has 3 aliphatic rings. The molecule has 7 rings (SSSR count). The summed E-state index contributed by atoms with van der Waals surface area (Å²) in [4.78, 5) is 17.7. The van der Waals surface area contributed by atoms with E-state index in [0.29, 0.717) is 0 Å². The number of fused-ring (bicyclic) bond motifs is 4. The summed E-state index contributed by atoms with van der Waals surface area (Å²) in [5, 5.41) is 18.7. The Morgan fingerprint density at radius 2 is 1.83 bits per heavy atom. The molecule has 4 aromatic rings. The number of pyridine rings is 1. The summed E-state index contributed by atoms with van der Waals surface area (Å²) in [6.07, 6.45) is 10.9. The molecule has 152 valence electrons. The highest BCUT2D eigenvalue weighted by Crippen LogP contribution is 2.53. The molecule has 8 nitrogen and oxygen atoms in total. The van der Waals surface area contributed by atoms with E-state index in [1.807, 2.05) is 35.7 Å². The fourth-order valence-electron chi connectivity index (χ4n) is 5.10. The number of hydrogen-bond donors (Lipinski definition) is 2. The topological polar surface area (TPSA) is 105 Å². The quantitative estimate of drug-likeness (QED) is 0.546. The van der Waals surface area contributed by atoms with E-state index in [0.717, 1.165) is 78.5 Å². The van der Waals surface area contributed by atoms with Gasteiger partial charge in [0.2, 0.25) is 0 Å². The maximum atomic E-state index is 10.6. The maximum Gasteiger partial charge on any atom is 0.160 e. The van der Waals surface area contributed by atoms with Gasteiger partial charge in [0.15, 0.2) is 5.65 Å².